The number of thioether (sulfide) groups is 1. The number of furan rings is 1. The van der Waals surface area contributed by atoms with E-state index in [1.807, 2.05) is 53.4 Å². The number of nitrogens with one attached hydrogen (secondary N) is 1. The molecule has 3 aromatic rings. The lowest BCUT2D eigenvalue weighted by atomic mass is 10.1. The molecule has 0 spiro atoms. The summed E-state index contributed by atoms with van der Waals surface area (Å²) in [5.74, 6) is 1.71. The monoisotopic (exact) mass is 394 g/mol. The third-order valence-corrected chi connectivity index (χ3v) is 5.54. The molecule has 144 valence electrons. The van der Waals surface area contributed by atoms with E-state index in [9.17, 15) is 4.79 Å². The summed E-state index contributed by atoms with van der Waals surface area (Å²) in [6, 6.07) is 17.8. The molecule has 1 amide bonds. The first kappa shape index (κ1) is 18.7. The molecule has 1 aliphatic heterocycles. The fraction of sp³-hybridized carbons (Fsp3) is 0.286. The number of nitrogens with zero attached hydrogens (tertiary/aromatic N) is 3. The number of piperazine rings is 1. The van der Waals surface area contributed by atoms with Crippen molar-refractivity contribution in [3.05, 3.63) is 66.1 Å². The van der Waals surface area contributed by atoms with Crippen molar-refractivity contribution in [3.8, 4) is 11.3 Å². The van der Waals surface area contributed by atoms with Gasteiger partial charge in [0.25, 0.3) is 5.91 Å². The Morgan fingerprint density at radius 3 is 2.79 bits per heavy atom. The van der Waals surface area contributed by atoms with Gasteiger partial charge in [-0.3, -0.25) is 4.79 Å². The minimum absolute atomic E-state index is 0.0448. The molecular formula is C21H22N4O2S. The molecular weight excluding hydrogens is 372 g/mol. The largest absolute Gasteiger partial charge is 0.455 e. The van der Waals surface area contributed by atoms with Crippen LogP contribution in [-0.4, -0.2) is 46.7 Å². The van der Waals surface area contributed by atoms with Crippen LogP contribution in [-0.2, 0) is 5.75 Å². The van der Waals surface area contributed by atoms with Gasteiger partial charge in [0.15, 0.2) is 5.76 Å². The second kappa shape index (κ2) is 8.58. The molecule has 1 atom stereocenters. The van der Waals surface area contributed by atoms with Crippen LogP contribution >= 0.6 is 11.8 Å². The van der Waals surface area contributed by atoms with E-state index >= 15 is 0 Å². The summed E-state index contributed by atoms with van der Waals surface area (Å²) in [5.41, 5.74) is 1.89. The summed E-state index contributed by atoms with van der Waals surface area (Å²) < 4.78 is 5.77. The van der Waals surface area contributed by atoms with Crippen molar-refractivity contribution in [1.82, 2.24) is 20.4 Å². The number of carbonyl (C=O) groups is 1. The Morgan fingerprint density at radius 1 is 1.18 bits per heavy atom. The van der Waals surface area contributed by atoms with E-state index in [1.165, 1.54) is 11.8 Å². The maximum absolute atomic E-state index is 12.6. The van der Waals surface area contributed by atoms with Crippen LogP contribution in [0.4, 0.5) is 0 Å². The van der Waals surface area contributed by atoms with Gasteiger partial charge in [0.05, 0.1) is 11.4 Å². The molecule has 0 radical (unpaired) electrons. The minimum Gasteiger partial charge on any atom is -0.455 e. The maximum Gasteiger partial charge on any atom is 0.289 e. The molecule has 1 aromatic carbocycles. The average molecular weight is 395 g/mol. The van der Waals surface area contributed by atoms with Crippen LogP contribution in [0.15, 0.2) is 64.0 Å². The highest BCUT2D eigenvalue weighted by molar-refractivity contribution is 7.98. The van der Waals surface area contributed by atoms with Crippen LogP contribution in [0.25, 0.3) is 11.3 Å². The number of hydrogen-bond donors (Lipinski definition) is 1. The molecule has 3 heterocycles. The first-order chi connectivity index (χ1) is 13.7. The molecule has 6 nitrogen and oxygen atoms in total. The Morgan fingerprint density at radius 2 is 2.04 bits per heavy atom. The van der Waals surface area contributed by atoms with Gasteiger partial charge >= 0.3 is 0 Å². The molecule has 2 aromatic heterocycles. The SMILES string of the molecule is CC1CN(C(=O)c2ccc(CSc3ccc(-c4ccccc4)nn3)o2)CCN1. The smallest absolute Gasteiger partial charge is 0.289 e. The van der Waals surface area contributed by atoms with Crippen LogP contribution in [0.1, 0.15) is 23.2 Å². The average Bonchev–Trinajstić information content (AvgIpc) is 3.22. The number of amides is 1. The van der Waals surface area contributed by atoms with E-state index in [0.717, 1.165) is 28.6 Å². The van der Waals surface area contributed by atoms with Gasteiger partial charge in [0.2, 0.25) is 0 Å². The molecule has 28 heavy (non-hydrogen) atoms. The molecule has 1 saturated heterocycles. The third kappa shape index (κ3) is 4.43. The van der Waals surface area contributed by atoms with Gasteiger partial charge in [-0.15, -0.1) is 10.2 Å². The Kier molecular flexibility index (Phi) is 5.73. The summed E-state index contributed by atoms with van der Waals surface area (Å²) in [5, 5.41) is 12.7. The molecule has 0 saturated carbocycles. The fourth-order valence-corrected chi connectivity index (χ4v) is 3.86. The Hall–Kier alpha value is -2.64. The van der Waals surface area contributed by atoms with Gasteiger partial charge in [0, 0.05) is 31.2 Å². The van der Waals surface area contributed by atoms with Gasteiger partial charge in [0.1, 0.15) is 10.8 Å². The van der Waals surface area contributed by atoms with Crippen molar-refractivity contribution in [2.24, 2.45) is 0 Å². The van der Waals surface area contributed by atoms with Crippen LogP contribution < -0.4 is 5.32 Å². The Balaban J connectivity index is 1.35. The highest BCUT2D eigenvalue weighted by Gasteiger charge is 2.23. The summed E-state index contributed by atoms with van der Waals surface area (Å²) in [6.45, 7) is 4.30. The predicted molar refractivity (Wildman–Crippen MR) is 109 cm³/mol. The van der Waals surface area contributed by atoms with E-state index in [1.54, 1.807) is 6.07 Å². The number of benzene rings is 1. The van der Waals surface area contributed by atoms with Crippen LogP contribution in [0.3, 0.4) is 0 Å². The molecule has 1 unspecified atom stereocenters. The number of rotatable bonds is 5. The Labute approximate surface area is 168 Å². The minimum atomic E-state index is -0.0448. The lowest BCUT2D eigenvalue weighted by Gasteiger charge is -2.31. The number of carbonyl (C=O) groups excluding carboxylic acids is 1. The second-order valence-corrected chi connectivity index (χ2v) is 7.78. The number of aromatic nitrogens is 2. The van der Waals surface area contributed by atoms with Crippen LogP contribution in [0, 0.1) is 0 Å². The molecule has 1 aliphatic rings. The van der Waals surface area contributed by atoms with Gasteiger partial charge in [-0.05, 0) is 31.2 Å². The third-order valence-electron chi connectivity index (χ3n) is 4.60. The molecule has 1 N–H and O–H groups in total. The van der Waals surface area contributed by atoms with Crippen molar-refractivity contribution >= 4 is 17.7 Å². The number of hydrogen-bond acceptors (Lipinski definition) is 6. The van der Waals surface area contributed by atoms with Gasteiger partial charge in [-0.25, -0.2) is 0 Å². The zero-order chi connectivity index (χ0) is 19.3. The maximum atomic E-state index is 12.6. The van der Waals surface area contributed by atoms with Crippen molar-refractivity contribution < 1.29 is 9.21 Å². The van der Waals surface area contributed by atoms with Crippen molar-refractivity contribution in [2.75, 3.05) is 19.6 Å². The molecule has 0 aliphatic carbocycles. The standard InChI is InChI=1S/C21H22N4O2S/c1-15-13-25(12-11-22-15)21(26)19-9-7-17(27-19)14-28-20-10-8-18(23-24-20)16-5-3-2-4-6-16/h2-10,15,22H,11-14H2,1H3. The fourth-order valence-electron chi connectivity index (χ4n) is 3.15. The zero-order valence-electron chi connectivity index (χ0n) is 15.7. The first-order valence-corrected chi connectivity index (χ1v) is 10.3. The molecule has 4 rings (SSSR count). The lowest BCUT2D eigenvalue weighted by Crippen LogP contribution is -2.51. The second-order valence-electron chi connectivity index (χ2n) is 6.78. The summed E-state index contributed by atoms with van der Waals surface area (Å²) >= 11 is 1.54. The van der Waals surface area contributed by atoms with Crippen molar-refractivity contribution in [3.63, 3.8) is 0 Å². The van der Waals surface area contributed by atoms with Gasteiger partial charge < -0.3 is 14.6 Å². The van der Waals surface area contributed by atoms with E-state index in [0.29, 0.717) is 30.6 Å². The van der Waals surface area contributed by atoms with Crippen LogP contribution in [0.5, 0.6) is 0 Å². The quantitative estimate of drug-likeness (QED) is 0.668. The molecule has 1 fully saturated rings. The summed E-state index contributed by atoms with van der Waals surface area (Å²) in [7, 11) is 0. The molecule has 7 heteroatoms. The van der Waals surface area contributed by atoms with E-state index < -0.39 is 0 Å². The lowest BCUT2D eigenvalue weighted by molar-refractivity contribution is 0.0675. The topological polar surface area (TPSA) is 71.3 Å². The highest BCUT2D eigenvalue weighted by atomic mass is 32.2. The summed E-state index contributed by atoms with van der Waals surface area (Å²) in [6.07, 6.45) is 0. The predicted octanol–water partition coefficient (Wildman–Crippen LogP) is 3.46. The van der Waals surface area contributed by atoms with Gasteiger partial charge in [-0.1, -0.05) is 42.1 Å². The van der Waals surface area contributed by atoms with Crippen molar-refractivity contribution in [2.45, 2.75) is 23.7 Å². The first-order valence-electron chi connectivity index (χ1n) is 9.32. The van der Waals surface area contributed by atoms with Crippen molar-refractivity contribution in [1.29, 1.82) is 0 Å². The van der Waals surface area contributed by atoms with Crippen LogP contribution in [0.2, 0.25) is 0 Å². The van der Waals surface area contributed by atoms with E-state index in [-0.39, 0.29) is 5.91 Å². The van der Waals surface area contributed by atoms with E-state index in [4.69, 9.17) is 4.42 Å². The summed E-state index contributed by atoms with van der Waals surface area (Å²) in [4.78, 5) is 14.4. The normalized spacial score (nSPS) is 16.9. The Bertz CT molecular complexity index is 927. The molecule has 0 bridgehead atoms. The highest BCUT2D eigenvalue weighted by Crippen LogP contribution is 2.24. The zero-order valence-corrected chi connectivity index (χ0v) is 16.5. The van der Waals surface area contributed by atoms with Gasteiger partial charge in [-0.2, -0.15) is 0 Å². The van der Waals surface area contributed by atoms with E-state index in [2.05, 4.69) is 22.4 Å².